The van der Waals surface area contributed by atoms with Crippen molar-refractivity contribution in [2.75, 3.05) is 13.2 Å². The molecule has 0 bridgehead atoms. The quantitative estimate of drug-likeness (QED) is 0.590. The Balaban J connectivity index is 0.000000337. The predicted octanol–water partition coefficient (Wildman–Crippen LogP) is 4.90. The van der Waals surface area contributed by atoms with E-state index in [1.165, 1.54) is 57.8 Å². The molecule has 1 saturated heterocycles. The minimum atomic E-state index is -0.220. The maximum Gasteiger partial charge on any atom is -0.0809 e. The molecule has 1 fully saturated rings. The van der Waals surface area contributed by atoms with Crippen molar-refractivity contribution in [3.63, 3.8) is 0 Å². The van der Waals surface area contributed by atoms with Crippen molar-refractivity contribution < 1.29 is 33.4 Å². The van der Waals surface area contributed by atoms with Crippen LogP contribution in [-0.2, 0) is 23.2 Å². The molecule has 28 heavy (non-hydrogen) atoms. The van der Waals surface area contributed by atoms with Crippen LogP contribution in [0, 0.1) is 11.8 Å². The van der Waals surface area contributed by atoms with Gasteiger partial charge in [-0.2, -0.15) is 0 Å². The molecule has 0 radical (unpaired) electrons. The molecule has 0 N–H and O–H groups in total. The second kappa shape index (κ2) is 10.7. The minimum Gasteiger partial charge on any atom is -0.855 e. The molecule has 3 heteroatoms. The Kier molecular flexibility index (Phi) is 8.57. The molecule has 1 aliphatic heterocycles. The van der Waals surface area contributed by atoms with Crippen LogP contribution in [0.3, 0.4) is 0 Å². The van der Waals surface area contributed by atoms with Crippen LogP contribution in [0.15, 0.2) is 46.6 Å². The fourth-order valence-corrected chi connectivity index (χ4v) is 10.2. The number of rotatable bonds is 2. The fraction of sp³-hybridized carbons (Fsp3) is 0.680. The smallest absolute Gasteiger partial charge is 0.0809 e. The zero-order chi connectivity index (χ0) is 20.0. The van der Waals surface area contributed by atoms with Gasteiger partial charge in [-0.05, 0) is 0 Å². The Morgan fingerprint density at radius 3 is 1.57 bits per heavy atom. The van der Waals surface area contributed by atoms with Crippen LogP contribution in [0.1, 0.15) is 71.6 Å². The third-order valence-electron chi connectivity index (χ3n) is 6.94. The zero-order valence-corrected chi connectivity index (χ0v) is 20.2. The van der Waals surface area contributed by atoms with Crippen LogP contribution in [0.4, 0.5) is 0 Å². The standard InChI is InChI=1S/C21H26.2C2H5O.Zr/c1-2-17(20-13-11-15-7-3-5-9-18(15)20)21-14-12-16-8-4-6-10-19(16)21;2*1-2-3;/h11-14,20-21H,1-10H2;2*2H2,1H3;/q;2*-1;+2. The summed E-state index contributed by atoms with van der Waals surface area (Å²) >= 11 is -0.220. The average Bonchev–Trinajstić information content (AvgIpc) is 3.28. The average molecular weight is 460 g/mol. The van der Waals surface area contributed by atoms with E-state index in [1.54, 1.807) is 29.1 Å². The van der Waals surface area contributed by atoms with Gasteiger partial charge >= 0.3 is 147 Å². The van der Waals surface area contributed by atoms with E-state index in [9.17, 15) is 0 Å². The molecule has 0 amide bonds. The van der Waals surface area contributed by atoms with Crippen molar-refractivity contribution in [2.45, 2.75) is 78.9 Å². The molecule has 152 valence electrons. The van der Waals surface area contributed by atoms with Gasteiger partial charge in [-0.25, -0.2) is 0 Å². The molecule has 2 atom stereocenters. The minimum absolute atomic E-state index is 0. The van der Waals surface area contributed by atoms with Crippen molar-refractivity contribution in [1.29, 1.82) is 0 Å². The first kappa shape index (κ1) is 22.4. The molecule has 0 spiro atoms. The Morgan fingerprint density at radius 2 is 1.21 bits per heavy atom. The normalized spacial score (nSPS) is 32.1. The van der Waals surface area contributed by atoms with E-state index < -0.39 is 0 Å². The summed E-state index contributed by atoms with van der Waals surface area (Å²) in [5.74, 6) is 1.71. The van der Waals surface area contributed by atoms with Crippen LogP contribution in [0.2, 0.25) is 7.25 Å². The van der Waals surface area contributed by atoms with E-state index in [0.717, 1.165) is 15.0 Å². The third-order valence-corrected chi connectivity index (χ3v) is 11.9. The second-order valence-corrected chi connectivity index (χ2v) is 12.9. The van der Waals surface area contributed by atoms with Crippen molar-refractivity contribution >= 4 is 0 Å². The van der Waals surface area contributed by atoms with Crippen molar-refractivity contribution in [3.05, 3.63) is 46.6 Å². The van der Waals surface area contributed by atoms with Gasteiger partial charge in [0.2, 0.25) is 0 Å². The maximum absolute atomic E-state index is 8.93. The van der Waals surface area contributed by atoms with Crippen molar-refractivity contribution in [2.24, 2.45) is 11.8 Å². The van der Waals surface area contributed by atoms with Gasteiger partial charge in [0.25, 0.3) is 0 Å². The summed E-state index contributed by atoms with van der Waals surface area (Å²) in [6, 6.07) is 0. The SMILES string of the molecule is C1=CC([C]2(C3C=CC4=C3CCCC4)C[CH2][Zr+2]2)C2=C1CCCC2.CC[O-].CC[O-]. The molecular formula is C25H36O2Zr. The summed E-state index contributed by atoms with van der Waals surface area (Å²) in [6.07, 6.45) is 23.3. The van der Waals surface area contributed by atoms with Crippen LogP contribution >= 0.6 is 0 Å². The number of hydrogen-bond donors (Lipinski definition) is 0. The van der Waals surface area contributed by atoms with E-state index in [-0.39, 0.29) is 36.4 Å². The Labute approximate surface area is 183 Å². The Bertz CT molecular complexity index is 599. The van der Waals surface area contributed by atoms with E-state index in [1.807, 2.05) is 11.1 Å². The molecular weight excluding hydrogens is 423 g/mol. The molecule has 5 aliphatic rings. The van der Waals surface area contributed by atoms with Gasteiger partial charge in [-0.1, -0.05) is 13.8 Å². The third kappa shape index (κ3) is 4.42. The summed E-state index contributed by atoms with van der Waals surface area (Å²) < 4.78 is 2.36. The topological polar surface area (TPSA) is 46.1 Å². The molecule has 0 aromatic rings. The van der Waals surface area contributed by atoms with Crippen LogP contribution in [-0.4, -0.2) is 13.2 Å². The van der Waals surface area contributed by atoms with E-state index >= 15 is 0 Å². The van der Waals surface area contributed by atoms with Gasteiger partial charge in [0.15, 0.2) is 0 Å². The molecule has 0 aromatic heterocycles. The summed E-state index contributed by atoms with van der Waals surface area (Å²) in [6.45, 7) is 3.14. The van der Waals surface area contributed by atoms with E-state index in [0.29, 0.717) is 0 Å². The van der Waals surface area contributed by atoms with Crippen molar-refractivity contribution in [1.82, 2.24) is 0 Å². The molecule has 4 aliphatic carbocycles. The van der Waals surface area contributed by atoms with Crippen LogP contribution in [0.25, 0.3) is 0 Å². The molecule has 1 heterocycles. The summed E-state index contributed by atoms with van der Waals surface area (Å²) in [5, 5.41) is 17.9. The molecule has 2 nitrogen and oxygen atoms in total. The molecule has 0 saturated carbocycles. The summed E-state index contributed by atoms with van der Waals surface area (Å²) in [5.41, 5.74) is 7.29. The molecule has 5 rings (SSSR count). The number of allylic oxidation sites excluding steroid dienone is 8. The first-order valence-electron chi connectivity index (χ1n) is 11.4. The Morgan fingerprint density at radius 1 is 0.821 bits per heavy atom. The zero-order valence-electron chi connectivity index (χ0n) is 17.8. The van der Waals surface area contributed by atoms with Gasteiger partial charge in [0.1, 0.15) is 0 Å². The van der Waals surface area contributed by atoms with Crippen LogP contribution in [0.5, 0.6) is 0 Å². The monoisotopic (exact) mass is 458 g/mol. The molecule has 2 unspecified atom stereocenters. The summed E-state index contributed by atoms with van der Waals surface area (Å²) in [7, 11) is 0. The van der Waals surface area contributed by atoms with E-state index in [2.05, 4.69) is 24.3 Å². The fourth-order valence-electron chi connectivity index (χ4n) is 5.76. The Hall–Kier alpha value is -0.237. The predicted molar refractivity (Wildman–Crippen MR) is 109 cm³/mol. The number of hydrogen-bond acceptors (Lipinski definition) is 2. The van der Waals surface area contributed by atoms with Gasteiger partial charge in [0, 0.05) is 0 Å². The van der Waals surface area contributed by atoms with Gasteiger partial charge in [-0.3, -0.25) is 0 Å². The van der Waals surface area contributed by atoms with Gasteiger partial charge < -0.3 is 10.2 Å². The first-order chi connectivity index (χ1) is 13.7. The van der Waals surface area contributed by atoms with Gasteiger partial charge in [0.05, 0.1) is 0 Å². The largest absolute Gasteiger partial charge is 0.855 e. The van der Waals surface area contributed by atoms with E-state index in [4.69, 9.17) is 10.2 Å². The second-order valence-electron chi connectivity index (χ2n) is 8.48. The van der Waals surface area contributed by atoms with Crippen molar-refractivity contribution in [3.8, 4) is 0 Å². The molecule has 0 aromatic carbocycles. The maximum atomic E-state index is 8.93. The summed E-state index contributed by atoms with van der Waals surface area (Å²) in [4.78, 5) is 0. The first-order valence-corrected chi connectivity index (χ1v) is 14.4. The van der Waals surface area contributed by atoms with Crippen LogP contribution < -0.4 is 10.2 Å². The van der Waals surface area contributed by atoms with Gasteiger partial charge in [-0.15, -0.1) is 13.2 Å².